The molecule has 1 aromatic carbocycles. The molecule has 92 valence electrons. The highest BCUT2D eigenvalue weighted by molar-refractivity contribution is 5.34. The van der Waals surface area contributed by atoms with Crippen molar-refractivity contribution in [2.24, 2.45) is 0 Å². The molecule has 0 radical (unpaired) electrons. The summed E-state index contributed by atoms with van der Waals surface area (Å²) < 4.78 is 13.1. The molecule has 4 heteroatoms. The van der Waals surface area contributed by atoms with Crippen LogP contribution in [0.4, 0.5) is 4.39 Å². The maximum Gasteiger partial charge on any atom is 0.140 e. The van der Waals surface area contributed by atoms with E-state index in [1.54, 1.807) is 13.0 Å². The molecule has 3 nitrogen and oxygen atoms in total. The highest BCUT2D eigenvalue weighted by Crippen LogP contribution is 2.09. The number of nitriles is 1. The number of aliphatic hydroxyl groups excluding tert-OH is 1. The fourth-order valence-corrected chi connectivity index (χ4v) is 1.66. The maximum atomic E-state index is 13.1. The molecular formula is C13H17FN2O. The highest BCUT2D eigenvalue weighted by Gasteiger charge is 2.07. The quantitative estimate of drug-likeness (QED) is 0.821. The number of hydrogen-bond donors (Lipinski definition) is 2. The Bertz CT molecular complexity index is 412. The molecule has 0 saturated carbocycles. The number of hydrogen-bond acceptors (Lipinski definition) is 3. The molecule has 0 aliphatic heterocycles. The second-order valence-corrected chi connectivity index (χ2v) is 4.29. The van der Waals surface area contributed by atoms with Gasteiger partial charge in [-0.25, -0.2) is 4.39 Å². The van der Waals surface area contributed by atoms with Gasteiger partial charge in [-0.05, 0) is 38.0 Å². The van der Waals surface area contributed by atoms with Crippen LogP contribution in [0.25, 0.3) is 0 Å². The summed E-state index contributed by atoms with van der Waals surface area (Å²) in [6.07, 6.45) is 0.312. The van der Waals surface area contributed by atoms with Crippen LogP contribution in [0.3, 0.4) is 0 Å². The lowest BCUT2D eigenvalue weighted by molar-refractivity contribution is 0.170. The molecule has 17 heavy (non-hydrogen) atoms. The van der Waals surface area contributed by atoms with Crippen molar-refractivity contribution < 1.29 is 9.50 Å². The summed E-state index contributed by atoms with van der Waals surface area (Å²) >= 11 is 0. The van der Waals surface area contributed by atoms with E-state index in [1.165, 1.54) is 12.1 Å². The lowest BCUT2D eigenvalue weighted by Crippen LogP contribution is -2.28. The lowest BCUT2D eigenvalue weighted by atomic mass is 10.1. The number of nitrogens with zero attached hydrogens (tertiary/aromatic N) is 1. The van der Waals surface area contributed by atoms with Crippen molar-refractivity contribution in [3.05, 3.63) is 35.1 Å². The third kappa shape index (κ3) is 4.51. The first-order valence-electron chi connectivity index (χ1n) is 5.63. The first-order valence-corrected chi connectivity index (χ1v) is 5.63. The molecule has 0 aromatic heterocycles. The van der Waals surface area contributed by atoms with Crippen molar-refractivity contribution in [2.45, 2.75) is 39.0 Å². The van der Waals surface area contributed by atoms with E-state index < -0.39 is 5.82 Å². The van der Waals surface area contributed by atoms with Gasteiger partial charge in [0.1, 0.15) is 11.9 Å². The van der Waals surface area contributed by atoms with Gasteiger partial charge in [-0.15, -0.1) is 0 Å². The van der Waals surface area contributed by atoms with Crippen molar-refractivity contribution in [1.29, 1.82) is 5.26 Å². The van der Waals surface area contributed by atoms with Gasteiger partial charge in [0.25, 0.3) is 0 Å². The molecular weight excluding hydrogens is 219 g/mol. The normalized spacial score (nSPS) is 14.1. The molecule has 0 fully saturated rings. The van der Waals surface area contributed by atoms with E-state index in [9.17, 15) is 9.50 Å². The van der Waals surface area contributed by atoms with Crippen molar-refractivity contribution >= 4 is 0 Å². The van der Waals surface area contributed by atoms with Gasteiger partial charge < -0.3 is 10.4 Å². The van der Waals surface area contributed by atoms with Crippen LogP contribution >= 0.6 is 0 Å². The SMILES string of the molecule is CC(O)CC(C)NCc1ccc(F)c(C#N)c1. The number of benzene rings is 1. The molecule has 0 aliphatic rings. The zero-order valence-electron chi connectivity index (χ0n) is 10.1. The van der Waals surface area contributed by atoms with Crippen molar-refractivity contribution in [2.75, 3.05) is 0 Å². The molecule has 2 unspecified atom stereocenters. The van der Waals surface area contributed by atoms with Crippen molar-refractivity contribution in [3.63, 3.8) is 0 Å². The monoisotopic (exact) mass is 236 g/mol. The molecule has 0 spiro atoms. The van der Waals surface area contributed by atoms with E-state index in [-0.39, 0.29) is 17.7 Å². The topological polar surface area (TPSA) is 56.0 Å². The minimum atomic E-state index is -0.492. The van der Waals surface area contributed by atoms with E-state index >= 15 is 0 Å². The average molecular weight is 236 g/mol. The van der Waals surface area contributed by atoms with Gasteiger partial charge >= 0.3 is 0 Å². The molecule has 1 aromatic rings. The number of rotatable bonds is 5. The summed E-state index contributed by atoms with van der Waals surface area (Å²) in [5, 5.41) is 21.1. The second kappa shape index (κ2) is 6.33. The predicted octanol–water partition coefficient (Wildman–Crippen LogP) is 1.95. The highest BCUT2D eigenvalue weighted by atomic mass is 19.1. The van der Waals surface area contributed by atoms with Gasteiger partial charge in [0.2, 0.25) is 0 Å². The van der Waals surface area contributed by atoms with E-state index in [2.05, 4.69) is 5.32 Å². The van der Waals surface area contributed by atoms with Gasteiger partial charge in [-0.2, -0.15) is 5.26 Å². The van der Waals surface area contributed by atoms with Crippen molar-refractivity contribution in [3.8, 4) is 6.07 Å². The van der Waals surface area contributed by atoms with Gasteiger partial charge in [-0.3, -0.25) is 0 Å². The number of nitrogens with one attached hydrogen (secondary N) is 1. The summed E-state index contributed by atoms with van der Waals surface area (Å²) in [6.45, 7) is 4.27. The van der Waals surface area contributed by atoms with Crippen LogP contribution in [0.2, 0.25) is 0 Å². The Balaban J connectivity index is 2.55. The van der Waals surface area contributed by atoms with E-state index in [0.29, 0.717) is 13.0 Å². The third-order valence-corrected chi connectivity index (χ3v) is 2.50. The van der Waals surface area contributed by atoms with Crippen LogP contribution in [-0.2, 0) is 6.54 Å². The average Bonchev–Trinajstić information content (AvgIpc) is 2.27. The van der Waals surface area contributed by atoms with E-state index in [0.717, 1.165) is 5.56 Å². The van der Waals surface area contributed by atoms with Crippen LogP contribution < -0.4 is 5.32 Å². The van der Waals surface area contributed by atoms with Crippen LogP contribution in [0, 0.1) is 17.1 Å². The second-order valence-electron chi connectivity index (χ2n) is 4.29. The van der Waals surface area contributed by atoms with Crippen molar-refractivity contribution in [1.82, 2.24) is 5.32 Å². The van der Waals surface area contributed by atoms with Gasteiger partial charge in [0.15, 0.2) is 0 Å². The van der Waals surface area contributed by atoms with Gasteiger partial charge in [-0.1, -0.05) is 6.07 Å². The van der Waals surface area contributed by atoms with Crippen LogP contribution in [0.5, 0.6) is 0 Å². The first-order chi connectivity index (χ1) is 8.02. The minimum absolute atomic E-state index is 0.0625. The lowest BCUT2D eigenvalue weighted by Gasteiger charge is -2.15. The summed E-state index contributed by atoms with van der Waals surface area (Å²) in [5.74, 6) is -0.492. The van der Waals surface area contributed by atoms with E-state index in [1.807, 2.05) is 13.0 Å². The fraction of sp³-hybridized carbons (Fsp3) is 0.462. The Kier molecular flexibility index (Phi) is 5.08. The Morgan fingerprint density at radius 1 is 1.47 bits per heavy atom. The molecule has 1 rings (SSSR count). The molecule has 0 aliphatic carbocycles. The molecule has 0 saturated heterocycles. The molecule has 2 atom stereocenters. The third-order valence-electron chi connectivity index (χ3n) is 2.50. The zero-order chi connectivity index (χ0) is 12.8. The fourth-order valence-electron chi connectivity index (χ4n) is 1.66. The largest absolute Gasteiger partial charge is 0.393 e. The number of halogens is 1. The van der Waals surface area contributed by atoms with Gasteiger partial charge in [0, 0.05) is 12.6 Å². The summed E-state index contributed by atoms with van der Waals surface area (Å²) in [4.78, 5) is 0. The smallest absolute Gasteiger partial charge is 0.140 e. The Labute approximate surface area is 101 Å². The Morgan fingerprint density at radius 3 is 2.76 bits per heavy atom. The van der Waals surface area contributed by atoms with Crippen LogP contribution in [-0.4, -0.2) is 17.3 Å². The molecule has 0 bridgehead atoms. The molecule has 0 heterocycles. The maximum absolute atomic E-state index is 13.1. The molecule has 0 amide bonds. The van der Waals surface area contributed by atoms with E-state index in [4.69, 9.17) is 5.26 Å². The predicted molar refractivity (Wildman–Crippen MR) is 63.7 cm³/mol. The number of aliphatic hydroxyl groups is 1. The summed E-state index contributed by atoms with van der Waals surface area (Å²) in [6, 6.07) is 6.48. The zero-order valence-corrected chi connectivity index (χ0v) is 10.1. The summed E-state index contributed by atoms with van der Waals surface area (Å²) in [7, 11) is 0. The van der Waals surface area contributed by atoms with Crippen LogP contribution in [0.1, 0.15) is 31.4 Å². The summed E-state index contributed by atoms with van der Waals surface area (Å²) in [5.41, 5.74) is 0.924. The Morgan fingerprint density at radius 2 is 2.18 bits per heavy atom. The van der Waals surface area contributed by atoms with Crippen LogP contribution in [0.15, 0.2) is 18.2 Å². The minimum Gasteiger partial charge on any atom is -0.393 e. The Hall–Kier alpha value is -1.44. The molecule has 2 N–H and O–H groups in total. The standard InChI is InChI=1S/C13H17FN2O/c1-9(5-10(2)17)16-8-11-3-4-13(14)12(6-11)7-15/h3-4,6,9-10,16-17H,5,8H2,1-2H3. The van der Waals surface area contributed by atoms with Gasteiger partial charge in [0.05, 0.1) is 11.7 Å². The first kappa shape index (κ1) is 13.6.